The monoisotopic (exact) mass is 137 g/mol. The molecule has 0 unspecified atom stereocenters. The summed E-state index contributed by atoms with van der Waals surface area (Å²) in [5.41, 5.74) is 1.90. The van der Waals surface area contributed by atoms with Crippen LogP contribution in [0.4, 0.5) is 0 Å². The molecular formula is C8H11NO. The van der Waals surface area contributed by atoms with Crippen LogP contribution in [0, 0.1) is 0 Å². The molecule has 1 aliphatic heterocycles. The zero-order valence-electron chi connectivity index (χ0n) is 6.26. The fourth-order valence-corrected chi connectivity index (χ4v) is 0.904. The summed E-state index contributed by atoms with van der Waals surface area (Å²) in [6.07, 6.45) is 4.17. The van der Waals surface area contributed by atoms with Gasteiger partial charge in [-0.25, -0.2) is 0 Å². The zero-order valence-corrected chi connectivity index (χ0v) is 6.26. The highest BCUT2D eigenvalue weighted by molar-refractivity contribution is 5.84. The van der Waals surface area contributed by atoms with Crippen LogP contribution in [0.15, 0.2) is 28.6 Å². The van der Waals surface area contributed by atoms with Crippen LogP contribution in [0.1, 0.15) is 20.3 Å². The lowest BCUT2D eigenvalue weighted by atomic mass is 10.3. The van der Waals surface area contributed by atoms with Crippen molar-refractivity contribution < 1.29 is 5.11 Å². The first-order chi connectivity index (χ1) is 4.68. The van der Waals surface area contributed by atoms with Crippen molar-refractivity contribution in [1.82, 2.24) is 0 Å². The molecule has 0 aromatic heterocycles. The highest BCUT2D eigenvalue weighted by Gasteiger charge is 1.97. The van der Waals surface area contributed by atoms with Gasteiger partial charge in [-0.2, -0.15) is 0 Å². The van der Waals surface area contributed by atoms with E-state index in [1.165, 1.54) is 0 Å². The molecule has 0 aromatic rings. The number of hydrogen-bond acceptors (Lipinski definition) is 2. The van der Waals surface area contributed by atoms with Crippen LogP contribution in [0.2, 0.25) is 0 Å². The number of allylic oxidation sites excluding steroid dienone is 3. The predicted molar refractivity (Wildman–Crippen MR) is 42.2 cm³/mol. The molecule has 10 heavy (non-hydrogen) atoms. The second-order valence-corrected chi connectivity index (χ2v) is 2.47. The number of aliphatic imine (C=N–C) groups is 1. The third-order valence-electron chi connectivity index (χ3n) is 1.33. The number of rotatable bonds is 0. The van der Waals surface area contributed by atoms with Gasteiger partial charge in [0, 0.05) is 23.9 Å². The van der Waals surface area contributed by atoms with Gasteiger partial charge in [0.2, 0.25) is 0 Å². The second-order valence-electron chi connectivity index (χ2n) is 2.47. The summed E-state index contributed by atoms with van der Waals surface area (Å²) in [7, 11) is 0. The smallest absolute Gasteiger partial charge is 0.113 e. The Kier molecular flexibility index (Phi) is 1.90. The van der Waals surface area contributed by atoms with Crippen LogP contribution in [0.3, 0.4) is 0 Å². The van der Waals surface area contributed by atoms with Crippen LogP contribution in [-0.2, 0) is 0 Å². The van der Waals surface area contributed by atoms with Crippen molar-refractivity contribution in [3.05, 3.63) is 23.6 Å². The summed E-state index contributed by atoms with van der Waals surface area (Å²) in [5, 5.41) is 9.09. The van der Waals surface area contributed by atoms with Gasteiger partial charge in [-0.3, -0.25) is 4.99 Å². The van der Waals surface area contributed by atoms with Gasteiger partial charge in [0.05, 0.1) is 0 Å². The Morgan fingerprint density at radius 3 is 2.90 bits per heavy atom. The predicted octanol–water partition coefficient (Wildman–Crippen LogP) is 2.20. The first-order valence-corrected chi connectivity index (χ1v) is 3.30. The summed E-state index contributed by atoms with van der Waals surface area (Å²) in [6.45, 7) is 3.82. The molecule has 1 aliphatic rings. The maximum absolute atomic E-state index is 9.09. The quantitative estimate of drug-likeness (QED) is 0.545. The number of aliphatic hydroxyl groups is 1. The minimum atomic E-state index is 0.318. The van der Waals surface area contributed by atoms with E-state index >= 15 is 0 Å². The van der Waals surface area contributed by atoms with Crippen molar-refractivity contribution in [3.63, 3.8) is 0 Å². The molecule has 54 valence electrons. The Morgan fingerprint density at radius 2 is 2.20 bits per heavy atom. The third kappa shape index (κ3) is 1.72. The Labute approximate surface area is 60.6 Å². The number of aliphatic hydroxyl groups excluding tert-OH is 1. The molecule has 1 heterocycles. The standard InChI is InChI=1S/C8H11NO/c1-6-3-4-8(10)5-7(2)9-6/h4-5,10H,3H2,1-2H3. The molecule has 0 bridgehead atoms. The molecule has 0 aliphatic carbocycles. The van der Waals surface area contributed by atoms with Gasteiger partial charge in [-0.05, 0) is 19.9 Å². The molecule has 2 nitrogen and oxygen atoms in total. The lowest BCUT2D eigenvalue weighted by Gasteiger charge is -1.90. The molecule has 0 saturated carbocycles. The average Bonchev–Trinajstić information content (AvgIpc) is 1.93. The zero-order chi connectivity index (χ0) is 7.56. The van der Waals surface area contributed by atoms with Gasteiger partial charge in [0.25, 0.3) is 0 Å². The molecule has 2 heteroatoms. The van der Waals surface area contributed by atoms with E-state index in [9.17, 15) is 0 Å². The Morgan fingerprint density at radius 1 is 1.50 bits per heavy atom. The fourth-order valence-electron chi connectivity index (χ4n) is 0.904. The SMILES string of the molecule is CC1=CC(O)=CCC(C)=N1. The van der Waals surface area contributed by atoms with Crippen LogP contribution < -0.4 is 0 Å². The molecule has 0 aromatic carbocycles. The molecule has 1 rings (SSSR count). The van der Waals surface area contributed by atoms with Gasteiger partial charge in [0.15, 0.2) is 0 Å². The minimum Gasteiger partial charge on any atom is -0.508 e. The lowest BCUT2D eigenvalue weighted by Crippen LogP contribution is -1.86. The van der Waals surface area contributed by atoms with E-state index in [-0.39, 0.29) is 0 Å². The van der Waals surface area contributed by atoms with Crippen molar-refractivity contribution in [2.75, 3.05) is 0 Å². The minimum absolute atomic E-state index is 0.318. The highest BCUT2D eigenvalue weighted by atomic mass is 16.3. The summed E-state index contributed by atoms with van der Waals surface area (Å²) in [5.74, 6) is 0.318. The Hall–Kier alpha value is -1.05. The van der Waals surface area contributed by atoms with Gasteiger partial charge in [-0.15, -0.1) is 0 Å². The molecule has 0 fully saturated rings. The largest absolute Gasteiger partial charge is 0.508 e. The van der Waals surface area contributed by atoms with Gasteiger partial charge in [-0.1, -0.05) is 0 Å². The maximum atomic E-state index is 9.09. The van der Waals surface area contributed by atoms with Crippen LogP contribution in [0.5, 0.6) is 0 Å². The van der Waals surface area contributed by atoms with E-state index < -0.39 is 0 Å². The van der Waals surface area contributed by atoms with E-state index in [1.807, 2.05) is 13.8 Å². The molecule has 0 atom stereocenters. The summed E-state index contributed by atoms with van der Waals surface area (Å²) in [4.78, 5) is 4.19. The topological polar surface area (TPSA) is 32.6 Å². The van der Waals surface area contributed by atoms with Gasteiger partial charge < -0.3 is 5.11 Å². The van der Waals surface area contributed by atoms with Crippen molar-refractivity contribution in [2.45, 2.75) is 20.3 Å². The van der Waals surface area contributed by atoms with E-state index in [0.717, 1.165) is 17.8 Å². The van der Waals surface area contributed by atoms with Crippen LogP contribution >= 0.6 is 0 Å². The first kappa shape index (κ1) is 7.06. The van der Waals surface area contributed by atoms with E-state index in [1.54, 1.807) is 12.2 Å². The van der Waals surface area contributed by atoms with Crippen molar-refractivity contribution in [2.24, 2.45) is 4.99 Å². The van der Waals surface area contributed by atoms with Crippen LogP contribution in [-0.4, -0.2) is 10.8 Å². The Bertz CT molecular complexity index is 223. The fraction of sp³-hybridized carbons (Fsp3) is 0.375. The third-order valence-corrected chi connectivity index (χ3v) is 1.33. The molecule has 0 radical (unpaired) electrons. The lowest BCUT2D eigenvalue weighted by molar-refractivity contribution is 0.430. The molecular weight excluding hydrogens is 126 g/mol. The molecule has 1 N–H and O–H groups in total. The highest BCUT2D eigenvalue weighted by Crippen LogP contribution is 2.08. The summed E-state index contributed by atoms with van der Waals surface area (Å²) < 4.78 is 0. The molecule has 0 spiro atoms. The summed E-state index contributed by atoms with van der Waals surface area (Å²) in [6, 6.07) is 0. The number of hydrogen-bond donors (Lipinski definition) is 1. The summed E-state index contributed by atoms with van der Waals surface area (Å²) >= 11 is 0. The van der Waals surface area contributed by atoms with Gasteiger partial charge in [0.1, 0.15) is 5.76 Å². The normalized spacial score (nSPS) is 18.8. The van der Waals surface area contributed by atoms with E-state index in [2.05, 4.69) is 4.99 Å². The second kappa shape index (κ2) is 2.69. The van der Waals surface area contributed by atoms with Crippen LogP contribution in [0.25, 0.3) is 0 Å². The van der Waals surface area contributed by atoms with Crippen molar-refractivity contribution in [3.8, 4) is 0 Å². The van der Waals surface area contributed by atoms with E-state index in [4.69, 9.17) is 5.11 Å². The van der Waals surface area contributed by atoms with E-state index in [0.29, 0.717) is 5.76 Å². The first-order valence-electron chi connectivity index (χ1n) is 3.30. The molecule has 0 amide bonds. The average molecular weight is 137 g/mol. The Balaban J connectivity index is 2.90. The maximum Gasteiger partial charge on any atom is 0.113 e. The van der Waals surface area contributed by atoms with Crippen molar-refractivity contribution in [1.29, 1.82) is 0 Å². The van der Waals surface area contributed by atoms with Gasteiger partial charge >= 0.3 is 0 Å². The number of nitrogens with zero attached hydrogens (tertiary/aromatic N) is 1. The molecule has 0 saturated heterocycles. The van der Waals surface area contributed by atoms with Crippen molar-refractivity contribution >= 4 is 5.71 Å².